The summed E-state index contributed by atoms with van der Waals surface area (Å²) in [5, 5.41) is 13.9. The van der Waals surface area contributed by atoms with Crippen LogP contribution in [-0.4, -0.2) is 30.5 Å². The average Bonchev–Trinajstić information content (AvgIpc) is 2.70. The first-order valence-corrected chi connectivity index (χ1v) is 8.73. The Morgan fingerprint density at radius 2 is 1.96 bits per heavy atom. The maximum Gasteiger partial charge on any atom is 0.338 e. The SMILES string of the molecule is COC(=O)c1cc(C(=O)NCC2CCCc3ccccc32)cc([N+](=O)[O-])c1. The van der Waals surface area contributed by atoms with Gasteiger partial charge in [0, 0.05) is 30.2 Å². The molecule has 0 spiro atoms. The molecule has 140 valence electrons. The predicted molar refractivity (Wildman–Crippen MR) is 98.9 cm³/mol. The molecule has 1 N–H and O–H groups in total. The zero-order valence-electron chi connectivity index (χ0n) is 14.9. The Hall–Kier alpha value is -3.22. The third-order valence-corrected chi connectivity index (χ3v) is 4.81. The summed E-state index contributed by atoms with van der Waals surface area (Å²) >= 11 is 0. The second kappa shape index (κ2) is 7.99. The summed E-state index contributed by atoms with van der Waals surface area (Å²) < 4.78 is 4.61. The molecule has 0 bridgehead atoms. The Morgan fingerprint density at radius 3 is 2.70 bits per heavy atom. The number of carbonyl (C=O) groups is 2. The van der Waals surface area contributed by atoms with E-state index < -0.39 is 16.8 Å². The fraction of sp³-hybridized carbons (Fsp3) is 0.300. The summed E-state index contributed by atoms with van der Waals surface area (Å²) in [5.74, 6) is -0.974. The van der Waals surface area contributed by atoms with Gasteiger partial charge in [-0.25, -0.2) is 4.79 Å². The molecule has 0 heterocycles. The van der Waals surface area contributed by atoms with Crippen molar-refractivity contribution in [2.45, 2.75) is 25.2 Å². The van der Waals surface area contributed by atoms with Crippen LogP contribution in [0.4, 0.5) is 5.69 Å². The van der Waals surface area contributed by atoms with Crippen molar-refractivity contribution in [3.05, 3.63) is 74.8 Å². The summed E-state index contributed by atoms with van der Waals surface area (Å²) in [5.41, 5.74) is 2.24. The summed E-state index contributed by atoms with van der Waals surface area (Å²) in [6, 6.07) is 11.7. The monoisotopic (exact) mass is 368 g/mol. The molecular weight excluding hydrogens is 348 g/mol. The number of hydrogen-bond donors (Lipinski definition) is 1. The first-order valence-electron chi connectivity index (χ1n) is 8.73. The van der Waals surface area contributed by atoms with Gasteiger partial charge in [0.1, 0.15) is 0 Å². The average molecular weight is 368 g/mol. The number of methoxy groups -OCH3 is 1. The van der Waals surface area contributed by atoms with Crippen LogP contribution in [0.25, 0.3) is 0 Å². The van der Waals surface area contributed by atoms with Crippen LogP contribution in [0.5, 0.6) is 0 Å². The molecule has 7 nitrogen and oxygen atoms in total. The summed E-state index contributed by atoms with van der Waals surface area (Å²) in [4.78, 5) is 34.7. The lowest BCUT2D eigenvalue weighted by atomic mass is 9.83. The number of aryl methyl sites for hydroxylation is 1. The van der Waals surface area contributed by atoms with E-state index in [1.165, 1.54) is 24.3 Å². The number of carbonyl (C=O) groups excluding carboxylic acids is 2. The van der Waals surface area contributed by atoms with Crippen molar-refractivity contribution in [3.8, 4) is 0 Å². The van der Waals surface area contributed by atoms with E-state index in [-0.39, 0.29) is 22.7 Å². The fourth-order valence-corrected chi connectivity index (χ4v) is 3.47. The van der Waals surface area contributed by atoms with Crippen LogP contribution in [0.15, 0.2) is 42.5 Å². The zero-order chi connectivity index (χ0) is 19.4. The van der Waals surface area contributed by atoms with E-state index in [2.05, 4.69) is 22.2 Å². The molecule has 27 heavy (non-hydrogen) atoms. The lowest BCUT2D eigenvalue weighted by molar-refractivity contribution is -0.384. The maximum atomic E-state index is 12.6. The molecule has 0 aromatic heterocycles. The minimum atomic E-state index is -0.728. The van der Waals surface area contributed by atoms with Crippen molar-refractivity contribution >= 4 is 17.6 Å². The molecule has 1 aliphatic rings. The van der Waals surface area contributed by atoms with Crippen LogP contribution < -0.4 is 5.32 Å². The summed E-state index contributed by atoms with van der Waals surface area (Å²) in [6.07, 6.45) is 3.06. The van der Waals surface area contributed by atoms with Crippen LogP contribution >= 0.6 is 0 Å². The van der Waals surface area contributed by atoms with E-state index in [1.54, 1.807) is 0 Å². The zero-order valence-corrected chi connectivity index (χ0v) is 14.9. The van der Waals surface area contributed by atoms with E-state index in [0.717, 1.165) is 31.4 Å². The number of nitrogens with one attached hydrogen (secondary N) is 1. The molecule has 3 rings (SSSR count). The normalized spacial score (nSPS) is 15.5. The van der Waals surface area contributed by atoms with Crippen LogP contribution in [0, 0.1) is 10.1 Å². The van der Waals surface area contributed by atoms with Crippen molar-refractivity contribution in [2.24, 2.45) is 0 Å². The Morgan fingerprint density at radius 1 is 1.22 bits per heavy atom. The topological polar surface area (TPSA) is 98.5 Å². The number of esters is 1. The second-order valence-corrected chi connectivity index (χ2v) is 6.52. The smallest absolute Gasteiger partial charge is 0.338 e. The Balaban J connectivity index is 1.78. The van der Waals surface area contributed by atoms with Gasteiger partial charge < -0.3 is 10.1 Å². The van der Waals surface area contributed by atoms with E-state index in [9.17, 15) is 19.7 Å². The second-order valence-electron chi connectivity index (χ2n) is 6.52. The molecule has 2 aromatic rings. The molecule has 1 amide bonds. The number of fused-ring (bicyclic) bond motifs is 1. The Kier molecular flexibility index (Phi) is 5.49. The Bertz CT molecular complexity index is 894. The van der Waals surface area contributed by atoms with E-state index in [0.29, 0.717) is 6.54 Å². The standard InChI is InChI=1S/C20H20N2O5/c1-27-20(24)16-9-15(10-17(11-16)22(25)26)19(23)21-12-14-7-4-6-13-5-2-3-8-18(13)14/h2-3,5,8-11,14H,4,6-7,12H2,1H3,(H,21,23). The molecule has 1 aliphatic carbocycles. The summed E-state index contributed by atoms with van der Waals surface area (Å²) in [7, 11) is 1.18. The van der Waals surface area contributed by atoms with Crippen LogP contribution in [-0.2, 0) is 11.2 Å². The van der Waals surface area contributed by atoms with Crippen molar-refractivity contribution < 1.29 is 19.2 Å². The first-order chi connectivity index (χ1) is 13.0. The molecule has 1 atom stereocenters. The van der Waals surface area contributed by atoms with Crippen LogP contribution in [0.1, 0.15) is 50.6 Å². The largest absolute Gasteiger partial charge is 0.465 e. The van der Waals surface area contributed by atoms with Gasteiger partial charge in [0.15, 0.2) is 0 Å². The lowest BCUT2D eigenvalue weighted by Crippen LogP contribution is -2.30. The number of amides is 1. The highest BCUT2D eigenvalue weighted by molar-refractivity contribution is 5.99. The van der Waals surface area contributed by atoms with Crippen molar-refractivity contribution in [1.29, 1.82) is 0 Å². The molecule has 0 radical (unpaired) electrons. The van der Waals surface area contributed by atoms with Gasteiger partial charge >= 0.3 is 5.97 Å². The molecular formula is C20H20N2O5. The number of ether oxygens (including phenoxy) is 1. The van der Waals surface area contributed by atoms with Gasteiger partial charge in [-0.1, -0.05) is 24.3 Å². The molecule has 0 saturated carbocycles. The van der Waals surface area contributed by atoms with Crippen LogP contribution in [0.2, 0.25) is 0 Å². The fourth-order valence-electron chi connectivity index (χ4n) is 3.47. The van der Waals surface area contributed by atoms with Gasteiger partial charge in [0.2, 0.25) is 0 Å². The highest BCUT2D eigenvalue weighted by Crippen LogP contribution is 2.31. The molecule has 0 aliphatic heterocycles. The quantitative estimate of drug-likeness (QED) is 0.496. The van der Waals surface area contributed by atoms with Gasteiger partial charge in [0.25, 0.3) is 11.6 Å². The molecule has 1 unspecified atom stereocenters. The number of nitro groups is 1. The van der Waals surface area contributed by atoms with E-state index >= 15 is 0 Å². The van der Waals surface area contributed by atoms with Crippen LogP contribution in [0.3, 0.4) is 0 Å². The first kappa shape index (κ1) is 18.6. The maximum absolute atomic E-state index is 12.6. The van der Waals surface area contributed by atoms with Gasteiger partial charge in [-0.3, -0.25) is 14.9 Å². The third kappa shape index (κ3) is 4.13. The molecule has 7 heteroatoms. The number of nitro benzene ring substituents is 1. The van der Waals surface area contributed by atoms with Crippen molar-refractivity contribution in [3.63, 3.8) is 0 Å². The number of rotatable bonds is 5. The minimum absolute atomic E-state index is 0.0279. The number of non-ortho nitro benzene ring substituents is 1. The van der Waals surface area contributed by atoms with Gasteiger partial charge in [0.05, 0.1) is 17.6 Å². The number of benzene rings is 2. The molecule has 0 saturated heterocycles. The van der Waals surface area contributed by atoms with E-state index in [1.807, 2.05) is 12.1 Å². The van der Waals surface area contributed by atoms with Crippen molar-refractivity contribution in [1.82, 2.24) is 5.32 Å². The number of nitrogens with zero attached hydrogens (tertiary/aromatic N) is 1. The summed E-state index contributed by atoms with van der Waals surface area (Å²) in [6.45, 7) is 0.437. The van der Waals surface area contributed by atoms with Gasteiger partial charge in [-0.05, 0) is 36.5 Å². The predicted octanol–water partition coefficient (Wildman–Crippen LogP) is 3.23. The third-order valence-electron chi connectivity index (χ3n) is 4.81. The Labute approximate surface area is 156 Å². The molecule has 0 fully saturated rings. The molecule has 2 aromatic carbocycles. The minimum Gasteiger partial charge on any atom is -0.465 e. The van der Waals surface area contributed by atoms with Crippen molar-refractivity contribution in [2.75, 3.05) is 13.7 Å². The van der Waals surface area contributed by atoms with Gasteiger partial charge in [-0.2, -0.15) is 0 Å². The highest BCUT2D eigenvalue weighted by Gasteiger charge is 2.22. The van der Waals surface area contributed by atoms with E-state index in [4.69, 9.17) is 0 Å². The number of hydrogen-bond acceptors (Lipinski definition) is 5. The van der Waals surface area contributed by atoms with Gasteiger partial charge in [-0.15, -0.1) is 0 Å². The highest BCUT2D eigenvalue weighted by atomic mass is 16.6. The lowest BCUT2D eigenvalue weighted by Gasteiger charge is -2.25.